The Morgan fingerprint density at radius 3 is 2.66 bits per heavy atom. The van der Waals surface area contributed by atoms with Crippen molar-refractivity contribution in [3.05, 3.63) is 42.4 Å². The van der Waals surface area contributed by atoms with Gasteiger partial charge in [0.15, 0.2) is 5.69 Å². The fraction of sp³-hybridized carbons (Fsp3) is 0.478. The molecule has 0 aliphatic carbocycles. The molecule has 1 aliphatic rings. The molecule has 0 radical (unpaired) electrons. The zero-order valence-electron chi connectivity index (χ0n) is 18.6. The van der Waals surface area contributed by atoms with E-state index >= 15 is 0 Å². The molecule has 9 heteroatoms. The second-order valence-electron chi connectivity index (χ2n) is 9.28. The van der Waals surface area contributed by atoms with Crippen molar-refractivity contribution in [1.82, 2.24) is 20.3 Å². The van der Waals surface area contributed by atoms with Crippen molar-refractivity contribution in [2.75, 3.05) is 18.5 Å². The molecule has 2 amide bonds. The summed E-state index contributed by atoms with van der Waals surface area (Å²) in [5.74, 6) is -0.271. The molecule has 2 N–H and O–H groups in total. The number of nitrogens with zero attached hydrogens (tertiary/aromatic N) is 3. The van der Waals surface area contributed by atoms with E-state index in [1.165, 1.54) is 12.5 Å². The van der Waals surface area contributed by atoms with Crippen molar-refractivity contribution in [1.29, 1.82) is 0 Å². The minimum absolute atomic E-state index is 0.319. The highest BCUT2D eigenvalue weighted by Gasteiger charge is 2.34. The third kappa shape index (κ3) is 4.83. The number of para-hydroxylation sites is 1. The lowest BCUT2D eigenvalue weighted by Crippen LogP contribution is -2.51. The maximum atomic E-state index is 13.3. The molecule has 0 bridgehead atoms. The summed E-state index contributed by atoms with van der Waals surface area (Å²) in [6, 6.07) is 6.90. The first kappa shape index (κ1) is 22.0. The third-order valence-electron chi connectivity index (χ3n) is 5.75. The first-order chi connectivity index (χ1) is 15.3. The summed E-state index contributed by atoms with van der Waals surface area (Å²) in [6.45, 7) is 7.93. The summed E-state index contributed by atoms with van der Waals surface area (Å²) in [5, 5.41) is 14.7. The smallest absolute Gasteiger partial charge is 0.273 e. The maximum Gasteiger partial charge on any atom is 0.273 e. The van der Waals surface area contributed by atoms with Gasteiger partial charge in [-0.2, -0.15) is 5.10 Å². The Balaban J connectivity index is 1.58. The van der Waals surface area contributed by atoms with Gasteiger partial charge in [0.2, 0.25) is 5.91 Å². The maximum absolute atomic E-state index is 13.3. The number of carbonyl (C=O) groups excluding carboxylic acids is 2. The lowest BCUT2D eigenvalue weighted by atomic mass is 9.86. The minimum Gasteiger partial charge on any atom is -0.381 e. The van der Waals surface area contributed by atoms with Gasteiger partial charge in [-0.1, -0.05) is 44.1 Å². The van der Waals surface area contributed by atoms with Crippen LogP contribution in [0.3, 0.4) is 0 Å². The average molecular weight is 440 g/mol. The van der Waals surface area contributed by atoms with Gasteiger partial charge in [0.05, 0.1) is 11.7 Å². The molecule has 4 rings (SSSR count). The monoisotopic (exact) mass is 439 g/mol. The lowest BCUT2D eigenvalue weighted by Gasteiger charge is -2.29. The van der Waals surface area contributed by atoms with Gasteiger partial charge in [0.25, 0.3) is 5.91 Å². The molecule has 1 atom stereocenters. The number of amides is 2. The number of carbonyl (C=O) groups is 2. The van der Waals surface area contributed by atoms with E-state index in [1.54, 1.807) is 0 Å². The second kappa shape index (κ2) is 9.12. The molecule has 2 aromatic heterocycles. The molecule has 1 saturated heterocycles. The summed E-state index contributed by atoms with van der Waals surface area (Å²) in [4.78, 5) is 26.2. The standard InChI is InChI=1S/C23H29N5O4/c1-23(2,3)20(22(30)25-16-12-24-32-14-16)26-21(29)19-17-6-4-5-7-18(17)28(27-19)13-15-8-10-31-11-9-15/h4-7,12,14-15,20H,8-11,13H2,1-3H3,(H,25,30)(H,26,29). The Hall–Kier alpha value is -3.20. The fourth-order valence-corrected chi connectivity index (χ4v) is 3.96. The number of fused-ring (bicyclic) bond motifs is 1. The molecule has 9 nitrogen and oxygen atoms in total. The highest BCUT2D eigenvalue weighted by molar-refractivity contribution is 6.07. The van der Waals surface area contributed by atoms with Crippen LogP contribution < -0.4 is 10.6 Å². The summed E-state index contributed by atoms with van der Waals surface area (Å²) in [5.41, 5.74) is 1.13. The highest BCUT2D eigenvalue weighted by atomic mass is 16.5. The number of aromatic nitrogens is 3. The number of anilines is 1. The SMILES string of the molecule is CC(C)(C)C(NC(=O)c1nn(CC2CCOCC2)c2ccccc12)C(=O)Nc1cnoc1. The molecule has 1 aromatic carbocycles. The van der Waals surface area contributed by atoms with Crippen LogP contribution in [0.5, 0.6) is 0 Å². The largest absolute Gasteiger partial charge is 0.381 e. The summed E-state index contributed by atoms with van der Waals surface area (Å²) in [6.07, 6.45) is 4.70. The van der Waals surface area contributed by atoms with Crippen LogP contribution in [0.4, 0.5) is 5.69 Å². The van der Waals surface area contributed by atoms with Crippen molar-refractivity contribution >= 4 is 28.4 Å². The van der Waals surface area contributed by atoms with Crippen LogP contribution in [0.25, 0.3) is 10.9 Å². The number of hydrogen-bond acceptors (Lipinski definition) is 6. The number of rotatable bonds is 6. The quantitative estimate of drug-likeness (QED) is 0.610. The first-order valence-corrected chi connectivity index (χ1v) is 10.9. The molecule has 170 valence electrons. The van der Waals surface area contributed by atoms with Gasteiger partial charge in [-0.3, -0.25) is 14.3 Å². The third-order valence-corrected chi connectivity index (χ3v) is 5.75. The second-order valence-corrected chi connectivity index (χ2v) is 9.28. The summed E-state index contributed by atoms with van der Waals surface area (Å²) < 4.78 is 12.1. The molecule has 32 heavy (non-hydrogen) atoms. The molecule has 0 spiro atoms. The zero-order valence-corrected chi connectivity index (χ0v) is 18.6. The summed E-state index contributed by atoms with van der Waals surface area (Å²) in [7, 11) is 0. The molecule has 0 saturated carbocycles. The Kier molecular flexibility index (Phi) is 6.27. The molecule has 1 unspecified atom stereocenters. The Bertz CT molecular complexity index is 1080. The van der Waals surface area contributed by atoms with Crippen molar-refractivity contribution in [3.63, 3.8) is 0 Å². The number of benzene rings is 1. The van der Waals surface area contributed by atoms with Crippen LogP contribution >= 0.6 is 0 Å². The van der Waals surface area contributed by atoms with E-state index < -0.39 is 11.5 Å². The van der Waals surface area contributed by atoms with Gasteiger partial charge >= 0.3 is 0 Å². The highest BCUT2D eigenvalue weighted by Crippen LogP contribution is 2.25. The molecular formula is C23H29N5O4. The fourth-order valence-electron chi connectivity index (χ4n) is 3.96. The van der Waals surface area contributed by atoms with Crippen LogP contribution in [0, 0.1) is 11.3 Å². The predicted molar refractivity (Wildman–Crippen MR) is 119 cm³/mol. The van der Waals surface area contributed by atoms with Gasteiger partial charge in [0, 0.05) is 25.1 Å². The van der Waals surface area contributed by atoms with Crippen LogP contribution in [0.2, 0.25) is 0 Å². The first-order valence-electron chi connectivity index (χ1n) is 10.9. The van der Waals surface area contributed by atoms with Crippen molar-refractivity contribution < 1.29 is 18.8 Å². The minimum atomic E-state index is -0.788. The van der Waals surface area contributed by atoms with Crippen molar-refractivity contribution in [3.8, 4) is 0 Å². The van der Waals surface area contributed by atoms with Gasteiger partial charge in [-0.25, -0.2) is 0 Å². The Labute approximate surface area is 186 Å². The van der Waals surface area contributed by atoms with Crippen LogP contribution in [0.1, 0.15) is 44.1 Å². The Morgan fingerprint density at radius 2 is 1.97 bits per heavy atom. The van der Waals surface area contributed by atoms with Crippen LogP contribution in [-0.4, -0.2) is 46.0 Å². The van der Waals surface area contributed by atoms with Gasteiger partial charge < -0.3 is 19.9 Å². The zero-order chi connectivity index (χ0) is 22.7. The number of ether oxygens (including phenoxy) is 1. The van der Waals surface area contributed by atoms with E-state index in [9.17, 15) is 9.59 Å². The molecular weight excluding hydrogens is 410 g/mol. The van der Waals surface area contributed by atoms with E-state index in [-0.39, 0.29) is 11.8 Å². The topological polar surface area (TPSA) is 111 Å². The van der Waals surface area contributed by atoms with Crippen LogP contribution in [0.15, 0.2) is 41.2 Å². The lowest BCUT2D eigenvalue weighted by molar-refractivity contribution is -0.120. The van der Waals surface area contributed by atoms with Gasteiger partial charge in [-0.05, 0) is 30.2 Å². The normalized spacial score (nSPS) is 16.1. The Morgan fingerprint density at radius 1 is 1.22 bits per heavy atom. The summed E-state index contributed by atoms with van der Waals surface area (Å²) >= 11 is 0. The van der Waals surface area contributed by atoms with E-state index in [2.05, 4.69) is 20.9 Å². The molecule has 3 aromatic rings. The van der Waals surface area contributed by atoms with E-state index in [4.69, 9.17) is 9.26 Å². The van der Waals surface area contributed by atoms with E-state index in [0.29, 0.717) is 17.3 Å². The van der Waals surface area contributed by atoms with E-state index in [0.717, 1.165) is 43.5 Å². The van der Waals surface area contributed by atoms with Gasteiger partial charge in [-0.15, -0.1) is 0 Å². The number of hydrogen-bond donors (Lipinski definition) is 2. The predicted octanol–water partition coefficient (Wildman–Crippen LogP) is 3.23. The van der Waals surface area contributed by atoms with Crippen molar-refractivity contribution in [2.24, 2.45) is 11.3 Å². The molecule has 1 aliphatic heterocycles. The van der Waals surface area contributed by atoms with Crippen molar-refractivity contribution in [2.45, 2.75) is 46.2 Å². The molecule has 1 fully saturated rings. The number of nitrogens with one attached hydrogen (secondary N) is 2. The molecule has 3 heterocycles. The van der Waals surface area contributed by atoms with Gasteiger partial charge in [0.1, 0.15) is 18.0 Å². The average Bonchev–Trinajstić information content (AvgIpc) is 3.40. The van der Waals surface area contributed by atoms with Crippen LogP contribution in [-0.2, 0) is 16.1 Å². The van der Waals surface area contributed by atoms with E-state index in [1.807, 2.05) is 49.7 Å².